The molecular weight excluding hydrogens is 450 g/mol. The first-order valence-corrected chi connectivity index (χ1v) is 11.7. The molecule has 0 saturated heterocycles. The third-order valence-corrected chi connectivity index (χ3v) is 6.97. The summed E-state index contributed by atoms with van der Waals surface area (Å²) >= 11 is 7.26. The number of rotatable bonds is 8. The van der Waals surface area contributed by atoms with Gasteiger partial charge in [-0.25, -0.2) is 18.4 Å². The highest BCUT2D eigenvalue weighted by Gasteiger charge is 2.41. The van der Waals surface area contributed by atoms with Crippen molar-refractivity contribution in [1.29, 1.82) is 0 Å². The van der Waals surface area contributed by atoms with Gasteiger partial charge >= 0.3 is 0 Å². The van der Waals surface area contributed by atoms with Gasteiger partial charge in [-0.05, 0) is 31.4 Å². The Morgan fingerprint density at radius 1 is 1.28 bits per heavy atom. The number of benzene rings is 2. The van der Waals surface area contributed by atoms with Crippen molar-refractivity contribution >= 4 is 28.3 Å². The summed E-state index contributed by atoms with van der Waals surface area (Å²) in [6, 6.07) is 11.6. The minimum absolute atomic E-state index is 0.00605. The van der Waals surface area contributed by atoms with Crippen molar-refractivity contribution in [2.24, 2.45) is 0 Å². The third kappa shape index (κ3) is 5.51. The number of aliphatic hydroxyl groups is 1. The Hall–Kier alpha value is -2.36. The zero-order valence-electron chi connectivity index (χ0n) is 17.6. The molecule has 9 heteroatoms. The third-order valence-electron chi connectivity index (χ3n) is 5.42. The van der Waals surface area contributed by atoms with Crippen LogP contribution >= 0.6 is 24.0 Å². The van der Waals surface area contributed by atoms with Crippen LogP contribution in [-0.2, 0) is 17.9 Å². The zero-order valence-corrected chi connectivity index (χ0v) is 19.3. The Balaban J connectivity index is 1.57. The molecule has 1 heterocycles. The van der Waals surface area contributed by atoms with Crippen LogP contribution in [0.4, 0.5) is 8.78 Å². The summed E-state index contributed by atoms with van der Waals surface area (Å²) in [6.07, 6.45) is 4.72. The van der Waals surface area contributed by atoms with Crippen molar-refractivity contribution < 1.29 is 13.9 Å². The van der Waals surface area contributed by atoms with Crippen molar-refractivity contribution in [1.82, 2.24) is 19.7 Å². The molecule has 1 atom stereocenters. The van der Waals surface area contributed by atoms with Gasteiger partial charge in [-0.3, -0.25) is 0 Å². The number of thioether (sulfide) groups is 1. The summed E-state index contributed by atoms with van der Waals surface area (Å²) in [4.78, 5) is 5.88. The van der Waals surface area contributed by atoms with E-state index in [2.05, 4.69) is 22.2 Å². The molecular formula is C23H24F2N4OS2. The summed E-state index contributed by atoms with van der Waals surface area (Å²) in [6.45, 7) is 2.08. The first-order valence-electron chi connectivity index (χ1n) is 10.3. The van der Waals surface area contributed by atoms with E-state index in [0.717, 1.165) is 30.5 Å². The van der Waals surface area contributed by atoms with Gasteiger partial charge in [-0.1, -0.05) is 59.9 Å². The van der Waals surface area contributed by atoms with E-state index in [0.29, 0.717) is 10.1 Å². The summed E-state index contributed by atoms with van der Waals surface area (Å²) in [7, 11) is 0. The summed E-state index contributed by atoms with van der Waals surface area (Å²) in [5, 5.41) is 15.7. The Labute approximate surface area is 195 Å². The van der Waals surface area contributed by atoms with Gasteiger partial charge in [-0.2, -0.15) is 5.10 Å². The fourth-order valence-electron chi connectivity index (χ4n) is 3.71. The molecule has 1 aromatic heterocycles. The number of hydrogen-bond donors (Lipinski definition) is 1. The van der Waals surface area contributed by atoms with Gasteiger partial charge in [0.15, 0.2) is 0 Å². The molecule has 1 aliphatic rings. The summed E-state index contributed by atoms with van der Waals surface area (Å²) in [5.74, 6) is -0.796. The first kappa shape index (κ1) is 22.8. The van der Waals surface area contributed by atoms with Gasteiger partial charge in [-0.15, -0.1) is 0 Å². The molecule has 0 bridgehead atoms. The quantitative estimate of drug-likeness (QED) is 0.488. The highest BCUT2D eigenvalue weighted by atomic mass is 32.2. The van der Waals surface area contributed by atoms with E-state index in [1.165, 1.54) is 40.7 Å². The van der Waals surface area contributed by atoms with E-state index in [1.807, 2.05) is 24.0 Å². The van der Waals surface area contributed by atoms with E-state index >= 15 is 0 Å². The highest BCUT2D eigenvalue weighted by molar-refractivity contribution is 8.22. The second-order valence-electron chi connectivity index (χ2n) is 8.15. The van der Waals surface area contributed by atoms with E-state index in [9.17, 15) is 13.9 Å². The predicted molar refractivity (Wildman–Crippen MR) is 125 cm³/mol. The lowest BCUT2D eigenvalue weighted by Crippen LogP contribution is -2.46. The zero-order chi connectivity index (χ0) is 22.7. The van der Waals surface area contributed by atoms with Crippen LogP contribution in [0.5, 0.6) is 0 Å². The average Bonchev–Trinajstić information content (AvgIpc) is 3.47. The van der Waals surface area contributed by atoms with Crippen molar-refractivity contribution in [3.05, 3.63) is 83.4 Å². The average molecular weight is 475 g/mol. The Morgan fingerprint density at radius 2 is 2.09 bits per heavy atom. The number of aromatic nitrogens is 3. The normalized spacial score (nSPS) is 15.4. The minimum Gasteiger partial charge on any atom is -0.381 e. The molecule has 1 saturated carbocycles. The molecule has 4 rings (SSSR count). The molecule has 0 radical (unpaired) electrons. The van der Waals surface area contributed by atoms with Crippen LogP contribution in [-0.4, -0.2) is 41.7 Å². The molecule has 0 amide bonds. The van der Waals surface area contributed by atoms with Crippen LogP contribution in [0.1, 0.15) is 29.5 Å². The fraction of sp³-hybridized carbons (Fsp3) is 0.348. The topological polar surface area (TPSA) is 54.2 Å². The maximum absolute atomic E-state index is 14.7. The SMILES string of the molecule is Cc1cccc(CSC(=S)N(CC(O)(Cn2cncn2)c2ccc(F)cc2F)C2CC2)c1. The van der Waals surface area contributed by atoms with Crippen LogP contribution in [0.15, 0.2) is 55.1 Å². The van der Waals surface area contributed by atoms with Crippen LogP contribution in [0.25, 0.3) is 0 Å². The fourth-order valence-corrected chi connectivity index (χ4v) is 4.95. The summed E-state index contributed by atoms with van der Waals surface area (Å²) in [5.41, 5.74) is 0.673. The van der Waals surface area contributed by atoms with Gasteiger partial charge in [0.2, 0.25) is 0 Å². The van der Waals surface area contributed by atoms with Crippen LogP contribution < -0.4 is 0 Å². The Bertz CT molecular complexity index is 1090. The monoisotopic (exact) mass is 474 g/mol. The Kier molecular flexibility index (Phi) is 6.88. The predicted octanol–water partition coefficient (Wildman–Crippen LogP) is 4.44. The molecule has 3 aromatic rings. The molecule has 0 spiro atoms. The molecule has 5 nitrogen and oxygen atoms in total. The second-order valence-corrected chi connectivity index (χ2v) is 9.76. The second kappa shape index (κ2) is 9.64. The number of hydrogen-bond acceptors (Lipinski definition) is 5. The van der Waals surface area contributed by atoms with E-state index < -0.39 is 17.2 Å². The lowest BCUT2D eigenvalue weighted by molar-refractivity contribution is -0.00746. The molecule has 1 N–H and O–H groups in total. The molecule has 1 unspecified atom stereocenters. The van der Waals surface area contributed by atoms with Gasteiger partial charge in [0, 0.05) is 23.4 Å². The van der Waals surface area contributed by atoms with E-state index in [1.54, 1.807) is 0 Å². The molecule has 1 fully saturated rings. The van der Waals surface area contributed by atoms with Gasteiger partial charge in [0.25, 0.3) is 0 Å². The minimum atomic E-state index is -1.68. The van der Waals surface area contributed by atoms with Crippen molar-refractivity contribution in [2.75, 3.05) is 6.54 Å². The first-order chi connectivity index (χ1) is 15.3. The van der Waals surface area contributed by atoms with Crippen LogP contribution in [0.2, 0.25) is 0 Å². The van der Waals surface area contributed by atoms with Gasteiger partial charge in [0.05, 0.1) is 13.1 Å². The van der Waals surface area contributed by atoms with E-state index in [-0.39, 0.29) is 24.7 Å². The molecule has 0 aliphatic heterocycles. The largest absolute Gasteiger partial charge is 0.381 e. The Morgan fingerprint density at radius 3 is 2.75 bits per heavy atom. The lowest BCUT2D eigenvalue weighted by Gasteiger charge is -2.36. The lowest BCUT2D eigenvalue weighted by atomic mass is 9.92. The number of aryl methyl sites for hydroxylation is 1. The smallest absolute Gasteiger partial charge is 0.137 e. The molecule has 168 valence electrons. The van der Waals surface area contributed by atoms with Crippen molar-refractivity contribution in [3.63, 3.8) is 0 Å². The molecule has 32 heavy (non-hydrogen) atoms. The van der Waals surface area contributed by atoms with Crippen molar-refractivity contribution in [2.45, 2.75) is 43.7 Å². The maximum Gasteiger partial charge on any atom is 0.137 e. The van der Waals surface area contributed by atoms with Crippen LogP contribution in [0, 0.1) is 18.6 Å². The standard InChI is InChI=1S/C23H24F2N4OS2/c1-16-3-2-4-17(9-16)11-32-22(31)29(19-6-7-19)13-23(30,12-28-15-26-14-27-28)20-8-5-18(24)10-21(20)25/h2-5,8-10,14-15,19,30H,6-7,11-13H2,1H3. The summed E-state index contributed by atoms with van der Waals surface area (Å²) < 4.78 is 30.4. The maximum atomic E-state index is 14.7. The highest BCUT2D eigenvalue weighted by Crippen LogP contribution is 2.36. The number of halogens is 2. The van der Waals surface area contributed by atoms with E-state index in [4.69, 9.17) is 12.2 Å². The molecule has 2 aromatic carbocycles. The van der Waals surface area contributed by atoms with Gasteiger partial charge < -0.3 is 10.0 Å². The number of thiocarbonyl (C=S) groups is 1. The van der Waals surface area contributed by atoms with Crippen LogP contribution in [0.3, 0.4) is 0 Å². The van der Waals surface area contributed by atoms with Crippen molar-refractivity contribution in [3.8, 4) is 0 Å². The number of nitrogens with zero attached hydrogens (tertiary/aromatic N) is 4. The van der Waals surface area contributed by atoms with Gasteiger partial charge in [0.1, 0.15) is 34.2 Å². The molecule has 1 aliphatic carbocycles.